The zero-order valence-corrected chi connectivity index (χ0v) is 13.5. The van der Waals surface area contributed by atoms with Crippen LogP contribution in [-0.2, 0) is 4.74 Å². The van der Waals surface area contributed by atoms with Gasteiger partial charge in [0.15, 0.2) is 0 Å². The molecule has 5 heteroatoms. The smallest absolute Gasteiger partial charge is 0.340 e. The highest BCUT2D eigenvalue weighted by Gasteiger charge is 2.11. The molecule has 0 aliphatic heterocycles. The number of ether oxygens (including phenoxy) is 1. The average Bonchev–Trinajstić information content (AvgIpc) is 2.58. The quantitative estimate of drug-likeness (QED) is 0.405. The van der Waals surface area contributed by atoms with Crippen molar-refractivity contribution in [3.63, 3.8) is 0 Å². The van der Waals surface area contributed by atoms with E-state index in [4.69, 9.17) is 4.74 Å². The summed E-state index contributed by atoms with van der Waals surface area (Å²) in [5.41, 5.74) is 1.70. The fourth-order valence-corrected chi connectivity index (χ4v) is 3.10. The molecule has 2 heterocycles. The van der Waals surface area contributed by atoms with E-state index in [2.05, 4.69) is 35.1 Å². The summed E-state index contributed by atoms with van der Waals surface area (Å²) in [6.07, 6.45) is 6.57. The van der Waals surface area contributed by atoms with Crippen LogP contribution in [0.2, 0.25) is 0 Å². The van der Waals surface area contributed by atoms with Gasteiger partial charge in [0.25, 0.3) is 0 Å². The number of carbonyl (C=O) groups is 1. The number of thioether (sulfide) groups is 1. The fourth-order valence-electron chi connectivity index (χ4n) is 2.26. The molecular weight excluding hydrogens is 308 g/mol. The summed E-state index contributed by atoms with van der Waals surface area (Å²) in [5, 5.41) is 1.64. The van der Waals surface area contributed by atoms with Gasteiger partial charge in [-0.25, -0.2) is 4.79 Å². The maximum Gasteiger partial charge on any atom is 0.340 e. The van der Waals surface area contributed by atoms with E-state index in [1.54, 1.807) is 42.6 Å². The molecule has 2 aromatic heterocycles. The van der Waals surface area contributed by atoms with Crippen molar-refractivity contribution in [2.24, 2.45) is 0 Å². The van der Waals surface area contributed by atoms with Crippen molar-refractivity contribution < 1.29 is 9.53 Å². The molecule has 0 atom stereocenters. The molecule has 0 saturated heterocycles. The normalized spacial score (nSPS) is 10.7. The first-order valence-electron chi connectivity index (χ1n) is 7.28. The third-order valence-corrected chi connectivity index (χ3v) is 4.31. The lowest BCUT2D eigenvalue weighted by Gasteiger charge is -2.07. The van der Waals surface area contributed by atoms with Crippen molar-refractivity contribution in [3.05, 3.63) is 66.2 Å². The number of rotatable bonds is 5. The predicted octanol–water partition coefficient (Wildman–Crippen LogP) is 3.89. The molecule has 0 aliphatic carbocycles. The fraction of sp³-hybridized carbons (Fsp3) is 0.167. The van der Waals surface area contributed by atoms with Crippen molar-refractivity contribution >= 4 is 28.5 Å². The molecule has 1 aromatic carbocycles. The van der Waals surface area contributed by atoms with Crippen LogP contribution in [0.1, 0.15) is 15.9 Å². The number of esters is 1. The number of hydrogen-bond acceptors (Lipinski definition) is 5. The Balaban J connectivity index is 1.59. The van der Waals surface area contributed by atoms with Crippen LogP contribution >= 0.6 is 11.8 Å². The Hall–Kier alpha value is -2.40. The first kappa shape index (κ1) is 15.5. The summed E-state index contributed by atoms with van der Waals surface area (Å²) in [5.74, 6) is 0.369. The molecule has 0 spiro atoms. The number of hydrogen-bond donors (Lipinski definition) is 0. The Kier molecular flexibility index (Phi) is 4.88. The molecule has 0 saturated carbocycles. The number of pyridine rings is 2. The zero-order chi connectivity index (χ0) is 16.1. The van der Waals surface area contributed by atoms with Crippen LogP contribution in [0.5, 0.6) is 0 Å². The van der Waals surface area contributed by atoms with E-state index in [1.807, 2.05) is 6.07 Å². The molecule has 0 fully saturated rings. The number of fused-ring (bicyclic) bond motifs is 1. The van der Waals surface area contributed by atoms with Gasteiger partial charge in [-0.15, -0.1) is 11.8 Å². The average molecular weight is 324 g/mol. The molecule has 0 radical (unpaired) electrons. The monoisotopic (exact) mass is 324 g/mol. The van der Waals surface area contributed by atoms with Crippen LogP contribution in [0.3, 0.4) is 0 Å². The van der Waals surface area contributed by atoms with Crippen LogP contribution in [0.4, 0.5) is 0 Å². The van der Waals surface area contributed by atoms with Gasteiger partial charge in [-0.2, -0.15) is 0 Å². The van der Waals surface area contributed by atoms with E-state index in [0.717, 1.165) is 16.5 Å². The maximum atomic E-state index is 12.2. The summed E-state index contributed by atoms with van der Waals surface area (Å²) in [4.78, 5) is 21.5. The summed E-state index contributed by atoms with van der Waals surface area (Å²) < 4.78 is 5.37. The van der Waals surface area contributed by atoms with Gasteiger partial charge in [0.05, 0.1) is 5.56 Å². The van der Waals surface area contributed by atoms with Gasteiger partial charge < -0.3 is 4.74 Å². The SMILES string of the molecule is Cc1cccc(SCCOC(=O)c2cncc3cnccc23)c1. The summed E-state index contributed by atoms with van der Waals surface area (Å²) in [6.45, 7) is 2.42. The second-order valence-corrected chi connectivity index (χ2v) is 6.25. The van der Waals surface area contributed by atoms with Gasteiger partial charge in [0.1, 0.15) is 6.61 Å². The van der Waals surface area contributed by atoms with Crippen LogP contribution in [0.15, 0.2) is 60.0 Å². The molecule has 0 amide bonds. The van der Waals surface area contributed by atoms with Gasteiger partial charge in [-0.1, -0.05) is 17.7 Å². The lowest BCUT2D eigenvalue weighted by atomic mass is 10.1. The number of carbonyl (C=O) groups excluding carboxylic acids is 1. The van der Waals surface area contributed by atoms with Gasteiger partial charge in [-0.3, -0.25) is 9.97 Å². The van der Waals surface area contributed by atoms with Crippen molar-refractivity contribution in [2.45, 2.75) is 11.8 Å². The Morgan fingerprint density at radius 3 is 2.91 bits per heavy atom. The minimum absolute atomic E-state index is 0.348. The number of nitrogens with zero attached hydrogens (tertiary/aromatic N) is 2. The molecule has 0 unspecified atom stereocenters. The van der Waals surface area contributed by atoms with Gasteiger partial charge in [0.2, 0.25) is 0 Å². The van der Waals surface area contributed by atoms with Gasteiger partial charge >= 0.3 is 5.97 Å². The lowest BCUT2D eigenvalue weighted by molar-refractivity contribution is 0.0532. The van der Waals surface area contributed by atoms with Crippen molar-refractivity contribution in [2.75, 3.05) is 12.4 Å². The molecule has 3 aromatic rings. The van der Waals surface area contributed by atoms with E-state index in [-0.39, 0.29) is 5.97 Å². The topological polar surface area (TPSA) is 52.1 Å². The highest BCUT2D eigenvalue weighted by molar-refractivity contribution is 7.99. The van der Waals surface area contributed by atoms with Crippen molar-refractivity contribution in [1.82, 2.24) is 9.97 Å². The minimum Gasteiger partial charge on any atom is -0.461 e. The largest absolute Gasteiger partial charge is 0.461 e. The van der Waals surface area contributed by atoms with Crippen LogP contribution in [-0.4, -0.2) is 28.3 Å². The van der Waals surface area contributed by atoms with Crippen LogP contribution < -0.4 is 0 Å². The van der Waals surface area contributed by atoms with E-state index in [9.17, 15) is 4.79 Å². The third kappa shape index (κ3) is 3.87. The lowest BCUT2D eigenvalue weighted by Crippen LogP contribution is -2.09. The first-order valence-corrected chi connectivity index (χ1v) is 8.27. The van der Waals surface area contributed by atoms with Crippen LogP contribution in [0, 0.1) is 6.92 Å². The predicted molar refractivity (Wildman–Crippen MR) is 91.7 cm³/mol. The molecule has 0 bridgehead atoms. The molecule has 0 aliphatic rings. The van der Waals surface area contributed by atoms with E-state index >= 15 is 0 Å². The number of benzene rings is 1. The second-order valence-electron chi connectivity index (χ2n) is 5.08. The summed E-state index contributed by atoms with van der Waals surface area (Å²) in [7, 11) is 0. The Labute approximate surface area is 138 Å². The summed E-state index contributed by atoms with van der Waals surface area (Å²) in [6, 6.07) is 10.1. The molecule has 23 heavy (non-hydrogen) atoms. The number of aromatic nitrogens is 2. The van der Waals surface area contributed by atoms with Gasteiger partial charge in [0, 0.05) is 46.2 Å². The third-order valence-electron chi connectivity index (χ3n) is 3.35. The van der Waals surface area contributed by atoms with E-state index < -0.39 is 0 Å². The van der Waals surface area contributed by atoms with Gasteiger partial charge in [-0.05, 0) is 25.1 Å². The Morgan fingerprint density at radius 1 is 1.17 bits per heavy atom. The Bertz CT molecular complexity index is 831. The van der Waals surface area contributed by atoms with Crippen molar-refractivity contribution in [3.8, 4) is 0 Å². The van der Waals surface area contributed by atoms with Crippen LogP contribution in [0.25, 0.3) is 10.8 Å². The highest BCUT2D eigenvalue weighted by atomic mass is 32.2. The minimum atomic E-state index is -0.348. The second kappa shape index (κ2) is 7.24. The molecule has 116 valence electrons. The first-order chi connectivity index (χ1) is 11.2. The molecule has 0 N–H and O–H groups in total. The zero-order valence-electron chi connectivity index (χ0n) is 12.7. The molecule has 4 nitrogen and oxygen atoms in total. The van der Waals surface area contributed by atoms with E-state index in [1.165, 1.54) is 10.5 Å². The number of aryl methyl sites for hydroxylation is 1. The Morgan fingerprint density at radius 2 is 2.04 bits per heavy atom. The standard InChI is InChI=1S/C18H16N2O2S/c1-13-3-2-4-15(9-13)23-8-7-22-18(21)17-12-20-11-14-10-19-6-5-16(14)17/h2-6,9-12H,7-8H2,1H3. The molecular formula is C18H16N2O2S. The molecule has 3 rings (SSSR count). The van der Waals surface area contributed by atoms with E-state index in [0.29, 0.717) is 12.2 Å². The highest BCUT2D eigenvalue weighted by Crippen LogP contribution is 2.20. The van der Waals surface area contributed by atoms with Crippen molar-refractivity contribution in [1.29, 1.82) is 0 Å². The maximum absolute atomic E-state index is 12.2. The summed E-state index contributed by atoms with van der Waals surface area (Å²) >= 11 is 1.67.